The highest BCUT2D eigenvalue weighted by atomic mass is 35.5. The Morgan fingerprint density at radius 1 is 1.14 bits per heavy atom. The Bertz CT molecular complexity index is 1150. The highest BCUT2D eigenvalue weighted by Gasteiger charge is 2.33. The van der Waals surface area contributed by atoms with E-state index in [1.807, 2.05) is 20.8 Å². The van der Waals surface area contributed by atoms with Crippen LogP contribution in [0.5, 0.6) is 5.75 Å². The van der Waals surface area contributed by atoms with Crippen LogP contribution in [0.15, 0.2) is 42.5 Å². The molecule has 1 N–H and O–H groups in total. The average Bonchev–Trinajstić information content (AvgIpc) is 2.77. The van der Waals surface area contributed by atoms with Crippen molar-refractivity contribution in [3.05, 3.63) is 58.6 Å². The summed E-state index contributed by atoms with van der Waals surface area (Å²) in [6.07, 6.45) is 1.37. The Morgan fingerprint density at radius 3 is 2.34 bits per heavy atom. The number of hydrogen-bond donors (Lipinski definition) is 1. The lowest BCUT2D eigenvalue weighted by molar-refractivity contribution is -0.140. The van der Waals surface area contributed by atoms with Gasteiger partial charge in [-0.15, -0.1) is 0 Å². The summed E-state index contributed by atoms with van der Waals surface area (Å²) in [7, 11) is -2.44. The smallest absolute Gasteiger partial charge is 0.244 e. The molecule has 8 nitrogen and oxygen atoms in total. The third-order valence-corrected chi connectivity index (χ3v) is 6.89. The number of aryl methyl sites for hydroxylation is 1. The lowest BCUT2D eigenvalue weighted by atomic mass is 10.1. The number of carbonyl (C=O) groups is 2. The minimum Gasteiger partial charge on any atom is -0.495 e. The van der Waals surface area contributed by atoms with Gasteiger partial charge in [0, 0.05) is 17.6 Å². The Labute approximate surface area is 213 Å². The van der Waals surface area contributed by atoms with Gasteiger partial charge < -0.3 is 15.0 Å². The number of ether oxygens (including phenoxy) is 1. The van der Waals surface area contributed by atoms with Gasteiger partial charge in [-0.1, -0.05) is 42.8 Å². The summed E-state index contributed by atoms with van der Waals surface area (Å²) in [4.78, 5) is 28.1. The van der Waals surface area contributed by atoms with Gasteiger partial charge in [0.1, 0.15) is 18.3 Å². The number of methoxy groups -OCH3 is 1. The van der Waals surface area contributed by atoms with Crippen LogP contribution in [0.3, 0.4) is 0 Å². The summed E-state index contributed by atoms with van der Waals surface area (Å²) in [6.45, 7) is 6.83. The molecular weight excluding hydrogens is 490 g/mol. The molecule has 0 fully saturated rings. The number of benzene rings is 2. The first kappa shape index (κ1) is 28.5. The van der Waals surface area contributed by atoms with Gasteiger partial charge in [0.05, 0.1) is 19.1 Å². The van der Waals surface area contributed by atoms with Gasteiger partial charge in [-0.3, -0.25) is 13.9 Å². The number of hydrogen-bond acceptors (Lipinski definition) is 5. The van der Waals surface area contributed by atoms with Crippen molar-refractivity contribution in [3.63, 3.8) is 0 Å². The molecule has 2 aromatic rings. The molecule has 0 heterocycles. The van der Waals surface area contributed by atoms with Crippen molar-refractivity contribution in [1.29, 1.82) is 0 Å². The Balaban J connectivity index is 2.53. The maximum atomic E-state index is 13.7. The van der Waals surface area contributed by atoms with E-state index < -0.39 is 28.5 Å². The number of nitrogens with one attached hydrogen (secondary N) is 1. The van der Waals surface area contributed by atoms with Crippen molar-refractivity contribution in [2.45, 2.75) is 52.7 Å². The topological polar surface area (TPSA) is 96.0 Å². The van der Waals surface area contributed by atoms with E-state index in [0.717, 1.165) is 16.1 Å². The second-order valence-corrected chi connectivity index (χ2v) is 11.0. The number of carbonyl (C=O) groups excluding carboxylic acids is 2. The highest BCUT2D eigenvalue weighted by Crippen LogP contribution is 2.31. The predicted molar refractivity (Wildman–Crippen MR) is 139 cm³/mol. The molecule has 1 unspecified atom stereocenters. The number of nitrogens with zero attached hydrogens (tertiary/aromatic N) is 2. The molecule has 0 aliphatic carbocycles. The normalized spacial score (nSPS) is 12.2. The van der Waals surface area contributed by atoms with Gasteiger partial charge in [-0.25, -0.2) is 8.42 Å². The van der Waals surface area contributed by atoms with E-state index in [2.05, 4.69) is 5.32 Å². The zero-order valence-electron chi connectivity index (χ0n) is 21.0. The lowest BCUT2D eigenvalue weighted by Crippen LogP contribution is -2.53. The summed E-state index contributed by atoms with van der Waals surface area (Å²) < 4.78 is 32.0. The maximum Gasteiger partial charge on any atom is 0.244 e. The van der Waals surface area contributed by atoms with Crippen molar-refractivity contribution in [2.24, 2.45) is 0 Å². The molecular formula is C25H34ClN3O5S. The van der Waals surface area contributed by atoms with E-state index in [9.17, 15) is 18.0 Å². The highest BCUT2D eigenvalue weighted by molar-refractivity contribution is 7.92. The number of anilines is 1. The van der Waals surface area contributed by atoms with Crippen molar-refractivity contribution in [3.8, 4) is 5.75 Å². The lowest BCUT2D eigenvalue weighted by Gasteiger charge is -2.33. The number of rotatable bonds is 11. The summed E-state index contributed by atoms with van der Waals surface area (Å²) in [5.74, 6) is -0.539. The molecule has 1 atom stereocenters. The molecule has 0 spiro atoms. The molecule has 0 aliphatic rings. The zero-order valence-corrected chi connectivity index (χ0v) is 22.6. The van der Waals surface area contributed by atoms with Crippen LogP contribution in [0, 0.1) is 6.92 Å². The number of sulfonamides is 1. The van der Waals surface area contributed by atoms with Crippen molar-refractivity contribution in [2.75, 3.05) is 24.2 Å². The largest absolute Gasteiger partial charge is 0.495 e. The molecule has 10 heteroatoms. The van der Waals surface area contributed by atoms with Crippen molar-refractivity contribution >= 4 is 39.1 Å². The summed E-state index contributed by atoms with van der Waals surface area (Å²) in [6, 6.07) is 11.2. The Morgan fingerprint density at radius 2 is 1.80 bits per heavy atom. The number of amides is 2. The van der Waals surface area contributed by atoms with Crippen molar-refractivity contribution in [1.82, 2.24) is 10.2 Å². The average molecular weight is 524 g/mol. The van der Waals surface area contributed by atoms with E-state index in [-0.39, 0.29) is 24.2 Å². The van der Waals surface area contributed by atoms with Crippen molar-refractivity contribution < 1.29 is 22.7 Å². The first-order chi connectivity index (χ1) is 16.4. The minimum absolute atomic E-state index is 0.0467. The van der Waals surface area contributed by atoms with Gasteiger partial charge in [0.2, 0.25) is 21.8 Å². The van der Waals surface area contributed by atoms with Gasteiger partial charge in [0.15, 0.2) is 0 Å². The van der Waals surface area contributed by atoms with Gasteiger partial charge in [0.25, 0.3) is 0 Å². The molecule has 2 amide bonds. The fourth-order valence-corrected chi connectivity index (χ4v) is 4.74. The predicted octanol–water partition coefficient (Wildman–Crippen LogP) is 3.76. The number of halogens is 1. The van der Waals surface area contributed by atoms with Crippen LogP contribution >= 0.6 is 11.6 Å². The first-order valence-electron chi connectivity index (χ1n) is 11.3. The van der Waals surface area contributed by atoms with E-state index in [4.69, 9.17) is 16.3 Å². The zero-order chi connectivity index (χ0) is 26.3. The standard InChI is InChI=1S/C25H34ClN3O5S/c1-7-21(25(31)27-17(2)3)28(15-19-10-8-9-11-20(19)26)24(30)16-29(35(6,32)33)22-14-18(4)12-13-23(22)34-5/h8-14,17,21H,7,15-16H2,1-6H3,(H,27,31). The molecule has 0 aromatic heterocycles. The van der Waals surface area contributed by atoms with Crippen LogP contribution in [0.1, 0.15) is 38.3 Å². The quantitative estimate of drug-likeness (QED) is 0.484. The third-order valence-electron chi connectivity index (χ3n) is 5.40. The molecule has 2 aromatic carbocycles. The molecule has 0 radical (unpaired) electrons. The van der Waals surface area contributed by atoms with E-state index >= 15 is 0 Å². The van der Waals surface area contributed by atoms with Gasteiger partial charge in [-0.2, -0.15) is 0 Å². The monoisotopic (exact) mass is 523 g/mol. The van der Waals surface area contributed by atoms with Crippen LogP contribution in [0.4, 0.5) is 5.69 Å². The molecule has 0 aliphatic heterocycles. The molecule has 35 heavy (non-hydrogen) atoms. The molecule has 2 rings (SSSR count). The van der Waals surface area contributed by atoms with Crippen LogP contribution in [-0.4, -0.2) is 57.1 Å². The summed E-state index contributed by atoms with van der Waals surface area (Å²) in [5.41, 5.74) is 1.70. The summed E-state index contributed by atoms with van der Waals surface area (Å²) in [5, 5.41) is 3.30. The molecule has 0 bridgehead atoms. The van der Waals surface area contributed by atoms with Crippen LogP contribution in [-0.2, 0) is 26.2 Å². The first-order valence-corrected chi connectivity index (χ1v) is 13.6. The maximum absolute atomic E-state index is 13.7. The van der Waals surface area contributed by atoms with Crippen LogP contribution < -0.4 is 14.4 Å². The van der Waals surface area contributed by atoms with E-state index in [1.165, 1.54) is 12.0 Å². The van der Waals surface area contributed by atoms with E-state index in [1.54, 1.807) is 49.4 Å². The Kier molecular flexibility index (Phi) is 9.97. The van der Waals surface area contributed by atoms with Crippen LogP contribution in [0.2, 0.25) is 5.02 Å². The van der Waals surface area contributed by atoms with Crippen LogP contribution in [0.25, 0.3) is 0 Å². The van der Waals surface area contributed by atoms with E-state index in [0.29, 0.717) is 22.8 Å². The van der Waals surface area contributed by atoms with Gasteiger partial charge >= 0.3 is 0 Å². The fourth-order valence-electron chi connectivity index (χ4n) is 3.70. The molecule has 0 saturated heterocycles. The SMILES string of the molecule is CCC(C(=O)NC(C)C)N(Cc1ccccc1Cl)C(=O)CN(c1cc(C)ccc1OC)S(C)(=O)=O. The minimum atomic E-state index is -3.87. The third kappa shape index (κ3) is 7.60. The molecule has 192 valence electrons. The Hall–Kier alpha value is -2.78. The summed E-state index contributed by atoms with van der Waals surface area (Å²) >= 11 is 6.35. The van der Waals surface area contributed by atoms with Gasteiger partial charge in [-0.05, 0) is 56.5 Å². The second-order valence-electron chi connectivity index (χ2n) is 8.65. The fraction of sp³-hybridized carbons (Fsp3) is 0.440. The molecule has 0 saturated carbocycles. The second kappa shape index (κ2) is 12.3.